The first kappa shape index (κ1) is 16.5. The summed E-state index contributed by atoms with van der Waals surface area (Å²) in [5, 5.41) is 13.7. The third-order valence-corrected chi connectivity index (χ3v) is 5.36. The molecular formula is C24H18N2O2. The molecule has 0 aliphatic heterocycles. The van der Waals surface area contributed by atoms with Crippen molar-refractivity contribution >= 4 is 33.2 Å². The molecule has 1 heterocycles. The zero-order valence-electron chi connectivity index (χ0n) is 15.2. The first-order chi connectivity index (χ1) is 13.7. The number of aromatic nitrogens is 1. The summed E-state index contributed by atoms with van der Waals surface area (Å²) < 4.78 is 2.32. The van der Waals surface area contributed by atoms with Crippen molar-refractivity contribution in [1.29, 1.82) is 0 Å². The molecule has 1 aromatic heterocycles. The number of allylic oxidation sites excluding steroid dienone is 4. The minimum atomic E-state index is -0.317. The van der Waals surface area contributed by atoms with Gasteiger partial charge in [-0.05, 0) is 48.7 Å². The van der Waals surface area contributed by atoms with Crippen molar-refractivity contribution in [2.75, 3.05) is 0 Å². The van der Waals surface area contributed by atoms with Crippen LogP contribution in [0.15, 0.2) is 85.0 Å². The van der Waals surface area contributed by atoms with Crippen LogP contribution in [0, 0.1) is 10.1 Å². The van der Waals surface area contributed by atoms with Crippen LogP contribution >= 0.6 is 0 Å². The Labute approximate surface area is 162 Å². The van der Waals surface area contributed by atoms with Crippen molar-refractivity contribution < 1.29 is 4.92 Å². The predicted molar refractivity (Wildman–Crippen MR) is 114 cm³/mol. The molecule has 0 fully saturated rings. The quantitative estimate of drug-likeness (QED) is 0.304. The van der Waals surface area contributed by atoms with Gasteiger partial charge in [0.2, 0.25) is 0 Å². The van der Waals surface area contributed by atoms with Crippen LogP contribution in [-0.2, 0) is 0 Å². The highest BCUT2D eigenvalue weighted by Crippen LogP contribution is 2.37. The van der Waals surface area contributed by atoms with Gasteiger partial charge in [0.05, 0.1) is 21.5 Å². The van der Waals surface area contributed by atoms with Crippen molar-refractivity contribution in [3.8, 4) is 11.1 Å². The zero-order chi connectivity index (χ0) is 19.1. The number of fused-ring (bicyclic) bond motifs is 3. The van der Waals surface area contributed by atoms with E-state index in [2.05, 4.69) is 53.1 Å². The molecule has 136 valence electrons. The summed E-state index contributed by atoms with van der Waals surface area (Å²) in [5.41, 5.74) is 5.20. The molecular weight excluding hydrogens is 348 g/mol. The van der Waals surface area contributed by atoms with E-state index in [0.29, 0.717) is 5.56 Å². The minimum absolute atomic E-state index is 0.130. The molecule has 5 rings (SSSR count). The molecule has 3 aromatic carbocycles. The van der Waals surface area contributed by atoms with Gasteiger partial charge in [0, 0.05) is 22.5 Å². The van der Waals surface area contributed by atoms with Gasteiger partial charge in [0.15, 0.2) is 0 Å². The van der Waals surface area contributed by atoms with Gasteiger partial charge in [0.25, 0.3) is 5.69 Å². The van der Waals surface area contributed by atoms with E-state index < -0.39 is 0 Å². The van der Waals surface area contributed by atoms with Crippen LogP contribution < -0.4 is 0 Å². The Balaban J connectivity index is 1.80. The van der Waals surface area contributed by atoms with E-state index in [0.717, 1.165) is 34.7 Å². The topological polar surface area (TPSA) is 48.1 Å². The highest BCUT2D eigenvalue weighted by molar-refractivity contribution is 6.11. The van der Waals surface area contributed by atoms with Crippen LogP contribution in [0.3, 0.4) is 0 Å². The average molecular weight is 366 g/mol. The Bertz CT molecular complexity index is 1290. The van der Waals surface area contributed by atoms with Gasteiger partial charge in [0.1, 0.15) is 0 Å². The largest absolute Gasteiger partial charge is 0.313 e. The first-order valence-corrected chi connectivity index (χ1v) is 9.37. The SMILES string of the molecule is O=[N+]([O-])c1ccccc1-c1ccc2c(c1)c1ccccc1n2C1=CC=CCC1. The third kappa shape index (κ3) is 2.54. The molecule has 0 saturated carbocycles. The fourth-order valence-electron chi connectivity index (χ4n) is 4.10. The Morgan fingerprint density at radius 1 is 0.893 bits per heavy atom. The maximum absolute atomic E-state index is 11.5. The van der Waals surface area contributed by atoms with E-state index in [1.807, 2.05) is 24.3 Å². The van der Waals surface area contributed by atoms with Crippen LogP contribution in [0.5, 0.6) is 0 Å². The van der Waals surface area contributed by atoms with Gasteiger partial charge in [-0.2, -0.15) is 0 Å². The van der Waals surface area contributed by atoms with Gasteiger partial charge >= 0.3 is 0 Å². The van der Waals surface area contributed by atoms with E-state index in [1.165, 1.54) is 11.2 Å². The Morgan fingerprint density at radius 3 is 2.50 bits per heavy atom. The van der Waals surface area contributed by atoms with Gasteiger partial charge in [-0.1, -0.05) is 48.6 Å². The second-order valence-electron chi connectivity index (χ2n) is 6.98. The highest BCUT2D eigenvalue weighted by Gasteiger charge is 2.18. The summed E-state index contributed by atoms with van der Waals surface area (Å²) in [6.45, 7) is 0. The van der Waals surface area contributed by atoms with Gasteiger partial charge < -0.3 is 4.57 Å². The highest BCUT2D eigenvalue weighted by atomic mass is 16.6. The molecule has 4 aromatic rings. The molecule has 0 radical (unpaired) electrons. The number of nitrogens with zero attached hydrogens (tertiary/aromatic N) is 2. The molecule has 0 spiro atoms. The number of hydrogen-bond acceptors (Lipinski definition) is 2. The second kappa shape index (κ2) is 6.50. The number of benzene rings is 3. The van der Waals surface area contributed by atoms with Crippen LogP contribution in [-0.4, -0.2) is 9.49 Å². The lowest BCUT2D eigenvalue weighted by Crippen LogP contribution is -1.98. The normalized spacial score (nSPS) is 13.8. The molecule has 1 aliphatic carbocycles. The standard InChI is InChI=1S/C24H18N2O2/c27-26(28)24-13-7-4-10-19(24)17-14-15-23-21(16-17)20-11-5-6-12-22(20)25(23)18-8-2-1-3-9-18/h1-2,4-8,10-16H,3,9H2. The smallest absolute Gasteiger partial charge is 0.277 e. The van der Waals surface area contributed by atoms with Crippen molar-refractivity contribution in [2.45, 2.75) is 12.8 Å². The van der Waals surface area contributed by atoms with Gasteiger partial charge in [-0.3, -0.25) is 10.1 Å². The third-order valence-electron chi connectivity index (χ3n) is 5.36. The predicted octanol–water partition coefficient (Wildman–Crippen LogP) is 6.56. The van der Waals surface area contributed by atoms with E-state index in [1.54, 1.807) is 12.1 Å². The molecule has 0 atom stereocenters. The number of rotatable bonds is 3. The van der Waals surface area contributed by atoms with E-state index in [4.69, 9.17) is 0 Å². The molecule has 28 heavy (non-hydrogen) atoms. The lowest BCUT2D eigenvalue weighted by Gasteiger charge is -2.14. The van der Waals surface area contributed by atoms with Crippen molar-refractivity contribution in [1.82, 2.24) is 4.57 Å². The summed E-state index contributed by atoms with van der Waals surface area (Å²) in [5.74, 6) is 0. The first-order valence-electron chi connectivity index (χ1n) is 9.37. The molecule has 0 saturated heterocycles. The molecule has 4 nitrogen and oxygen atoms in total. The summed E-state index contributed by atoms with van der Waals surface area (Å²) in [6, 6.07) is 21.4. The van der Waals surface area contributed by atoms with Crippen LogP contribution in [0.2, 0.25) is 0 Å². The van der Waals surface area contributed by atoms with Crippen LogP contribution in [0.1, 0.15) is 12.8 Å². The number of nitro benzene ring substituents is 1. The average Bonchev–Trinajstić information content (AvgIpc) is 3.08. The summed E-state index contributed by atoms with van der Waals surface area (Å²) in [7, 11) is 0. The second-order valence-corrected chi connectivity index (χ2v) is 6.98. The van der Waals surface area contributed by atoms with E-state index in [9.17, 15) is 10.1 Å². The number of para-hydroxylation sites is 2. The van der Waals surface area contributed by atoms with Crippen LogP contribution in [0.4, 0.5) is 5.69 Å². The lowest BCUT2D eigenvalue weighted by atomic mass is 10.0. The molecule has 0 unspecified atom stereocenters. The van der Waals surface area contributed by atoms with E-state index >= 15 is 0 Å². The fraction of sp³-hybridized carbons (Fsp3) is 0.0833. The summed E-state index contributed by atoms with van der Waals surface area (Å²) >= 11 is 0. The Morgan fingerprint density at radius 2 is 1.68 bits per heavy atom. The summed E-state index contributed by atoms with van der Waals surface area (Å²) in [4.78, 5) is 11.2. The minimum Gasteiger partial charge on any atom is -0.313 e. The number of nitro groups is 1. The number of hydrogen-bond donors (Lipinski definition) is 0. The zero-order valence-corrected chi connectivity index (χ0v) is 15.2. The van der Waals surface area contributed by atoms with Gasteiger partial charge in [-0.15, -0.1) is 0 Å². The summed E-state index contributed by atoms with van der Waals surface area (Å²) in [6.07, 6.45) is 8.50. The molecule has 4 heteroatoms. The molecule has 0 N–H and O–H groups in total. The van der Waals surface area contributed by atoms with Crippen LogP contribution in [0.25, 0.3) is 38.6 Å². The molecule has 1 aliphatic rings. The van der Waals surface area contributed by atoms with Gasteiger partial charge in [-0.25, -0.2) is 0 Å². The fourth-order valence-corrected chi connectivity index (χ4v) is 4.10. The van der Waals surface area contributed by atoms with Crippen molar-refractivity contribution in [3.05, 3.63) is 95.1 Å². The van der Waals surface area contributed by atoms with E-state index in [-0.39, 0.29) is 10.6 Å². The van der Waals surface area contributed by atoms with Crippen molar-refractivity contribution in [3.63, 3.8) is 0 Å². The maximum atomic E-state index is 11.5. The Kier molecular flexibility index (Phi) is 3.83. The maximum Gasteiger partial charge on any atom is 0.277 e. The van der Waals surface area contributed by atoms with Crippen molar-refractivity contribution in [2.24, 2.45) is 0 Å². The molecule has 0 amide bonds. The lowest BCUT2D eigenvalue weighted by molar-refractivity contribution is -0.384. The Hall–Kier alpha value is -3.66. The monoisotopic (exact) mass is 366 g/mol. The molecule has 0 bridgehead atoms.